The molecule has 4 nitrogen and oxygen atoms in total. The molecule has 0 spiro atoms. The molecule has 1 aromatic carbocycles. The molecule has 1 heterocycles. The van der Waals surface area contributed by atoms with Crippen molar-refractivity contribution in [1.29, 1.82) is 0 Å². The largest absolute Gasteiger partial charge is 0.324 e. The Morgan fingerprint density at radius 3 is 2.44 bits per heavy atom. The van der Waals surface area contributed by atoms with E-state index in [1.165, 1.54) is 6.26 Å². The number of nitrogens with zero attached hydrogens (tertiary/aromatic N) is 1. The van der Waals surface area contributed by atoms with Crippen LogP contribution in [0.15, 0.2) is 48.8 Å². The van der Waals surface area contributed by atoms with E-state index in [1.807, 2.05) is 60.3 Å². The predicted molar refractivity (Wildman–Crippen MR) is 72.2 cm³/mol. The zero-order chi connectivity index (χ0) is 13.2. The van der Waals surface area contributed by atoms with Gasteiger partial charge in [0, 0.05) is 24.1 Å². The van der Waals surface area contributed by atoms with Gasteiger partial charge in [-0.05, 0) is 36.8 Å². The Labute approximate surface area is 107 Å². The Morgan fingerprint density at radius 1 is 1.17 bits per heavy atom. The van der Waals surface area contributed by atoms with Crippen LogP contribution in [0.25, 0.3) is 5.69 Å². The number of aromatic nitrogens is 1. The van der Waals surface area contributed by atoms with Crippen LogP contribution in [0.5, 0.6) is 0 Å². The molecule has 5 heteroatoms. The predicted octanol–water partition coefficient (Wildman–Crippen LogP) is 2.09. The van der Waals surface area contributed by atoms with Gasteiger partial charge in [-0.3, -0.25) is 0 Å². The topological polar surface area (TPSA) is 51.1 Å². The summed E-state index contributed by atoms with van der Waals surface area (Å²) in [6, 6.07) is 11.5. The van der Waals surface area contributed by atoms with Gasteiger partial charge in [-0.15, -0.1) is 0 Å². The van der Waals surface area contributed by atoms with E-state index < -0.39 is 10.0 Å². The molecule has 0 saturated carbocycles. The molecule has 0 aliphatic carbocycles. The molecule has 1 aromatic heterocycles. The standard InChI is InChI=1S/C13H16N2O2S/c1-11(14-18(2,16)17)12-6-5-7-13(10-12)15-8-3-4-9-15/h3-11,14H,1-2H3/t11-/m1/s1. The monoisotopic (exact) mass is 264 g/mol. The molecule has 0 radical (unpaired) electrons. The normalized spacial score (nSPS) is 13.4. The molecule has 18 heavy (non-hydrogen) atoms. The average Bonchev–Trinajstić information content (AvgIpc) is 2.80. The van der Waals surface area contributed by atoms with E-state index >= 15 is 0 Å². The molecule has 1 N–H and O–H groups in total. The molecule has 2 aromatic rings. The lowest BCUT2D eigenvalue weighted by Gasteiger charge is -2.14. The van der Waals surface area contributed by atoms with Crippen molar-refractivity contribution in [2.45, 2.75) is 13.0 Å². The lowest BCUT2D eigenvalue weighted by Crippen LogP contribution is -2.25. The van der Waals surface area contributed by atoms with Gasteiger partial charge < -0.3 is 4.57 Å². The summed E-state index contributed by atoms with van der Waals surface area (Å²) in [4.78, 5) is 0. The fourth-order valence-electron chi connectivity index (χ4n) is 1.85. The van der Waals surface area contributed by atoms with Gasteiger partial charge in [-0.1, -0.05) is 12.1 Å². The molecule has 0 unspecified atom stereocenters. The van der Waals surface area contributed by atoms with Crippen LogP contribution in [0.1, 0.15) is 18.5 Å². The summed E-state index contributed by atoms with van der Waals surface area (Å²) in [7, 11) is -3.19. The van der Waals surface area contributed by atoms with Crippen molar-refractivity contribution in [2.75, 3.05) is 6.26 Å². The van der Waals surface area contributed by atoms with Gasteiger partial charge in [0.15, 0.2) is 0 Å². The summed E-state index contributed by atoms with van der Waals surface area (Å²) < 4.78 is 27.0. The SMILES string of the molecule is C[C@@H](NS(C)(=O)=O)c1cccc(-n2cccc2)c1. The lowest BCUT2D eigenvalue weighted by molar-refractivity contribution is 0.573. The third-order valence-corrected chi connectivity index (χ3v) is 3.45. The maximum Gasteiger partial charge on any atom is 0.209 e. The zero-order valence-electron chi connectivity index (χ0n) is 10.4. The van der Waals surface area contributed by atoms with Crippen LogP contribution < -0.4 is 4.72 Å². The fraction of sp³-hybridized carbons (Fsp3) is 0.231. The summed E-state index contributed by atoms with van der Waals surface area (Å²) >= 11 is 0. The van der Waals surface area contributed by atoms with E-state index in [4.69, 9.17) is 0 Å². The van der Waals surface area contributed by atoms with Crippen molar-refractivity contribution in [3.05, 3.63) is 54.4 Å². The fourth-order valence-corrected chi connectivity index (χ4v) is 2.63. The third kappa shape index (κ3) is 3.21. The molecular weight excluding hydrogens is 248 g/mol. The van der Waals surface area contributed by atoms with Crippen molar-refractivity contribution >= 4 is 10.0 Å². The van der Waals surface area contributed by atoms with E-state index in [0.717, 1.165) is 11.3 Å². The minimum atomic E-state index is -3.19. The van der Waals surface area contributed by atoms with Crippen LogP contribution >= 0.6 is 0 Å². The molecule has 0 bridgehead atoms. The summed E-state index contributed by atoms with van der Waals surface area (Å²) in [5.74, 6) is 0. The van der Waals surface area contributed by atoms with Gasteiger partial charge in [0.1, 0.15) is 0 Å². The Kier molecular flexibility index (Phi) is 3.54. The van der Waals surface area contributed by atoms with Crippen LogP contribution in [-0.4, -0.2) is 19.2 Å². The van der Waals surface area contributed by atoms with Crippen LogP contribution in [0, 0.1) is 0 Å². The van der Waals surface area contributed by atoms with E-state index in [9.17, 15) is 8.42 Å². The zero-order valence-corrected chi connectivity index (χ0v) is 11.2. The first-order chi connectivity index (χ1) is 8.46. The molecular formula is C13H16N2O2S. The molecule has 0 saturated heterocycles. The minimum Gasteiger partial charge on any atom is -0.324 e. The maximum absolute atomic E-state index is 11.2. The van der Waals surface area contributed by atoms with E-state index in [0.29, 0.717) is 0 Å². The lowest BCUT2D eigenvalue weighted by atomic mass is 10.1. The van der Waals surface area contributed by atoms with Crippen molar-refractivity contribution in [1.82, 2.24) is 9.29 Å². The number of sulfonamides is 1. The van der Waals surface area contributed by atoms with Crippen molar-refractivity contribution in [3.8, 4) is 5.69 Å². The Bertz CT molecular complexity index is 618. The number of hydrogen-bond donors (Lipinski definition) is 1. The smallest absolute Gasteiger partial charge is 0.209 e. The average molecular weight is 264 g/mol. The quantitative estimate of drug-likeness (QED) is 0.919. The van der Waals surface area contributed by atoms with Crippen molar-refractivity contribution < 1.29 is 8.42 Å². The second kappa shape index (κ2) is 4.96. The molecule has 0 aliphatic rings. The van der Waals surface area contributed by atoms with Crippen LogP contribution in [0.4, 0.5) is 0 Å². The highest BCUT2D eigenvalue weighted by Crippen LogP contribution is 2.17. The van der Waals surface area contributed by atoms with E-state index in [1.54, 1.807) is 0 Å². The molecule has 0 fully saturated rings. The Balaban J connectivity index is 2.28. The van der Waals surface area contributed by atoms with Gasteiger partial charge in [-0.25, -0.2) is 13.1 Å². The Hall–Kier alpha value is -1.59. The van der Waals surface area contributed by atoms with Crippen LogP contribution in [-0.2, 0) is 10.0 Å². The second-order valence-electron chi connectivity index (χ2n) is 4.30. The maximum atomic E-state index is 11.2. The third-order valence-electron chi connectivity index (χ3n) is 2.66. The molecule has 0 aliphatic heterocycles. The van der Waals surface area contributed by atoms with Crippen molar-refractivity contribution in [3.63, 3.8) is 0 Å². The van der Waals surface area contributed by atoms with Gasteiger partial charge in [0.05, 0.1) is 6.26 Å². The van der Waals surface area contributed by atoms with Gasteiger partial charge >= 0.3 is 0 Å². The number of benzene rings is 1. The number of hydrogen-bond acceptors (Lipinski definition) is 2. The van der Waals surface area contributed by atoms with Crippen molar-refractivity contribution in [2.24, 2.45) is 0 Å². The second-order valence-corrected chi connectivity index (χ2v) is 6.08. The minimum absolute atomic E-state index is 0.240. The highest BCUT2D eigenvalue weighted by atomic mass is 32.2. The summed E-state index contributed by atoms with van der Waals surface area (Å²) in [6.07, 6.45) is 5.07. The molecule has 1 atom stereocenters. The van der Waals surface area contributed by atoms with E-state index in [-0.39, 0.29) is 6.04 Å². The highest BCUT2D eigenvalue weighted by molar-refractivity contribution is 7.88. The van der Waals surface area contributed by atoms with Gasteiger partial charge in [-0.2, -0.15) is 0 Å². The number of nitrogens with one attached hydrogen (secondary N) is 1. The first kappa shape index (κ1) is 12.9. The summed E-state index contributed by atoms with van der Waals surface area (Å²) in [6.45, 7) is 1.83. The van der Waals surface area contributed by atoms with Crippen LogP contribution in [0.2, 0.25) is 0 Å². The first-order valence-corrected chi connectivity index (χ1v) is 7.55. The molecule has 2 rings (SSSR count). The molecule has 0 amide bonds. The first-order valence-electron chi connectivity index (χ1n) is 5.66. The highest BCUT2D eigenvalue weighted by Gasteiger charge is 2.11. The van der Waals surface area contributed by atoms with Gasteiger partial charge in [0.25, 0.3) is 0 Å². The van der Waals surface area contributed by atoms with E-state index in [2.05, 4.69) is 4.72 Å². The molecule has 96 valence electrons. The van der Waals surface area contributed by atoms with Crippen LogP contribution in [0.3, 0.4) is 0 Å². The number of rotatable bonds is 4. The summed E-state index contributed by atoms with van der Waals surface area (Å²) in [5.41, 5.74) is 1.95. The Morgan fingerprint density at radius 2 is 1.83 bits per heavy atom. The summed E-state index contributed by atoms with van der Waals surface area (Å²) in [5, 5.41) is 0. The van der Waals surface area contributed by atoms with Gasteiger partial charge in [0.2, 0.25) is 10.0 Å².